The van der Waals surface area contributed by atoms with E-state index in [1.54, 1.807) is 10.3 Å². The monoisotopic (exact) mass is 372 g/mol. The number of carbonyl (C=O) groups excluding carboxylic acids is 2. The number of aromatic nitrogens is 2. The van der Waals surface area contributed by atoms with Gasteiger partial charge in [-0.3, -0.25) is 9.59 Å². The maximum absolute atomic E-state index is 13.2. The molecule has 3 rings (SSSR count). The molecule has 0 bridgehead atoms. The standard InChI is InChI=1S/C19H24N4O2S/c1-12-6-5-7-13(10-12)16(17(24)20-19(2,3)4)23(14-8-9-14)18(25)15-11-26-22-21-15/h5-7,10-11,14,16H,8-9H2,1-4H3,(H,20,24)/t16-/m1/s1. The zero-order chi connectivity index (χ0) is 18.9. The Kier molecular flexibility index (Phi) is 5.09. The summed E-state index contributed by atoms with van der Waals surface area (Å²) >= 11 is 1.14. The molecule has 1 saturated carbocycles. The third kappa shape index (κ3) is 4.27. The third-order valence-electron chi connectivity index (χ3n) is 4.14. The van der Waals surface area contributed by atoms with Crippen LogP contribution in [-0.4, -0.2) is 37.9 Å². The first-order chi connectivity index (χ1) is 12.3. The fourth-order valence-corrected chi connectivity index (χ4v) is 3.38. The molecule has 1 aromatic heterocycles. The van der Waals surface area contributed by atoms with Crippen molar-refractivity contribution in [3.63, 3.8) is 0 Å². The second-order valence-corrected chi connectivity index (χ2v) is 8.40. The van der Waals surface area contributed by atoms with Crippen molar-refractivity contribution >= 4 is 23.3 Å². The van der Waals surface area contributed by atoms with Crippen molar-refractivity contribution in [3.05, 3.63) is 46.5 Å². The second kappa shape index (κ2) is 7.15. The zero-order valence-electron chi connectivity index (χ0n) is 15.5. The van der Waals surface area contributed by atoms with Crippen molar-refractivity contribution in [2.75, 3.05) is 0 Å². The number of amides is 2. The first kappa shape index (κ1) is 18.5. The summed E-state index contributed by atoms with van der Waals surface area (Å²) in [5.74, 6) is -0.414. The van der Waals surface area contributed by atoms with Crippen LogP contribution < -0.4 is 5.32 Å². The molecule has 0 aliphatic heterocycles. The Hall–Kier alpha value is -2.28. The van der Waals surface area contributed by atoms with Gasteiger partial charge < -0.3 is 10.2 Å². The van der Waals surface area contributed by atoms with Crippen molar-refractivity contribution in [1.82, 2.24) is 19.8 Å². The highest BCUT2D eigenvalue weighted by Gasteiger charge is 2.43. The lowest BCUT2D eigenvalue weighted by Crippen LogP contribution is -2.50. The molecule has 0 unspecified atom stereocenters. The maximum atomic E-state index is 13.2. The molecule has 0 radical (unpaired) electrons. The minimum atomic E-state index is -0.684. The summed E-state index contributed by atoms with van der Waals surface area (Å²) in [4.78, 5) is 28.0. The third-order valence-corrected chi connectivity index (χ3v) is 4.64. The minimum Gasteiger partial charge on any atom is -0.349 e. The van der Waals surface area contributed by atoms with Gasteiger partial charge in [0.05, 0.1) is 0 Å². The average molecular weight is 372 g/mol. The lowest BCUT2D eigenvalue weighted by Gasteiger charge is -2.33. The Bertz CT molecular complexity index is 794. The van der Waals surface area contributed by atoms with E-state index in [2.05, 4.69) is 14.9 Å². The molecule has 1 heterocycles. The van der Waals surface area contributed by atoms with Gasteiger partial charge in [-0.15, -0.1) is 5.10 Å². The van der Waals surface area contributed by atoms with Crippen molar-refractivity contribution in [1.29, 1.82) is 0 Å². The number of carbonyl (C=O) groups is 2. The maximum Gasteiger partial charge on any atom is 0.276 e. The molecule has 138 valence electrons. The van der Waals surface area contributed by atoms with Crippen LogP contribution in [0, 0.1) is 6.92 Å². The zero-order valence-corrected chi connectivity index (χ0v) is 16.3. The van der Waals surface area contributed by atoms with Gasteiger partial charge in [-0.1, -0.05) is 34.3 Å². The molecule has 26 heavy (non-hydrogen) atoms. The first-order valence-electron chi connectivity index (χ1n) is 8.74. The van der Waals surface area contributed by atoms with Crippen LogP contribution >= 0.6 is 11.5 Å². The molecule has 1 N–H and O–H groups in total. The van der Waals surface area contributed by atoms with Gasteiger partial charge in [0, 0.05) is 17.0 Å². The number of rotatable bonds is 5. The molecular formula is C19H24N4O2S. The molecule has 6 nitrogen and oxygen atoms in total. The second-order valence-electron chi connectivity index (χ2n) is 7.79. The molecule has 1 fully saturated rings. The van der Waals surface area contributed by atoms with Crippen LogP contribution in [-0.2, 0) is 4.79 Å². The van der Waals surface area contributed by atoms with Crippen LogP contribution in [0.5, 0.6) is 0 Å². The van der Waals surface area contributed by atoms with E-state index in [1.165, 1.54) is 0 Å². The number of hydrogen-bond donors (Lipinski definition) is 1. The summed E-state index contributed by atoms with van der Waals surface area (Å²) < 4.78 is 3.80. The Balaban J connectivity index is 2.02. The molecule has 2 aromatic rings. The van der Waals surface area contributed by atoms with Gasteiger partial charge in [0.15, 0.2) is 5.69 Å². The fourth-order valence-electron chi connectivity index (χ4n) is 2.95. The van der Waals surface area contributed by atoms with E-state index in [1.807, 2.05) is 52.0 Å². The molecule has 2 amide bonds. The van der Waals surface area contributed by atoms with Gasteiger partial charge in [0.25, 0.3) is 5.91 Å². The number of aryl methyl sites for hydroxylation is 1. The number of nitrogens with zero attached hydrogens (tertiary/aromatic N) is 3. The summed E-state index contributed by atoms with van der Waals surface area (Å²) in [6, 6.07) is 7.14. The lowest BCUT2D eigenvalue weighted by atomic mass is 9.99. The molecule has 1 aliphatic rings. The first-order valence-corrected chi connectivity index (χ1v) is 9.58. The van der Waals surface area contributed by atoms with Crippen molar-refractivity contribution < 1.29 is 9.59 Å². The Morgan fingerprint density at radius 2 is 2.04 bits per heavy atom. The summed E-state index contributed by atoms with van der Waals surface area (Å²) in [5, 5.41) is 8.59. The normalized spacial score (nSPS) is 15.4. The van der Waals surface area contributed by atoms with E-state index in [9.17, 15) is 9.59 Å². The smallest absolute Gasteiger partial charge is 0.276 e. The van der Waals surface area contributed by atoms with Gasteiger partial charge in [-0.2, -0.15) is 0 Å². The number of benzene rings is 1. The van der Waals surface area contributed by atoms with Crippen LogP contribution in [0.15, 0.2) is 29.6 Å². The predicted octanol–water partition coefficient (Wildman–Crippen LogP) is 3.11. The van der Waals surface area contributed by atoms with Crippen molar-refractivity contribution in [2.45, 2.75) is 58.2 Å². The highest BCUT2D eigenvalue weighted by atomic mass is 32.1. The van der Waals surface area contributed by atoms with Gasteiger partial charge in [-0.05, 0) is 57.6 Å². The predicted molar refractivity (Wildman–Crippen MR) is 101 cm³/mol. The van der Waals surface area contributed by atoms with E-state index in [4.69, 9.17) is 0 Å². The molecule has 1 aromatic carbocycles. The fraction of sp³-hybridized carbons (Fsp3) is 0.474. The number of nitrogens with one attached hydrogen (secondary N) is 1. The summed E-state index contributed by atoms with van der Waals surface area (Å²) in [5.41, 5.74) is 1.77. The Labute approximate surface area is 157 Å². The van der Waals surface area contributed by atoms with Crippen molar-refractivity contribution in [2.24, 2.45) is 0 Å². The SMILES string of the molecule is Cc1cccc([C@H](C(=O)NC(C)(C)C)N(C(=O)c2csnn2)C2CC2)c1. The van der Waals surface area contributed by atoms with Gasteiger partial charge >= 0.3 is 0 Å². The molecule has 1 aliphatic carbocycles. The molecule has 1 atom stereocenters. The van der Waals surface area contributed by atoms with Crippen molar-refractivity contribution in [3.8, 4) is 0 Å². The van der Waals surface area contributed by atoms with E-state index in [0.29, 0.717) is 5.69 Å². The topological polar surface area (TPSA) is 75.2 Å². The largest absolute Gasteiger partial charge is 0.349 e. The van der Waals surface area contributed by atoms with E-state index in [0.717, 1.165) is 35.5 Å². The van der Waals surface area contributed by atoms with Crippen LogP contribution in [0.3, 0.4) is 0 Å². The quantitative estimate of drug-likeness (QED) is 0.875. The van der Waals surface area contributed by atoms with Crippen LogP contribution in [0.2, 0.25) is 0 Å². The number of hydrogen-bond acceptors (Lipinski definition) is 5. The van der Waals surface area contributed by atoms with Gasteiger partial charge in [0.2, 0.25) is 5.91 Å². The van der Waals surface area contributed by atoms with Crippen LogP contribution in [0.1, 0.15) is 61.3 Å². The highest BCUT2D eigenvalue weighted by molar-refractivity contribution is 7.03. The Morgan fingerprint density at radius 3 is 2.58 bits per heavy atom. The van der Waals surface area contributed by atoms with E-state index < -0.39 is 6.04 Å². The van der Waals surface area contributed by atoms with Crippen LogP contribution in [0.4, 0.5) is 0 Å². The lowest BCUT2D eigenvalue weighted by molar-refractivity contribution is -0.127. The minimum absolute atomic E-state index is 0.0560. The molecule has 0 spiro atoms. The van der Waals surface area contributed by atoms with Gasteiger partial charge in [0.1, 0.15) is 6.04 Å². The average Bonchev–Trinajstić information content (AvgIpc) is 3.22. The molecular weight excluding hydrogens is 348 g/mol. The van der Waals surface area contributed by atoms with Crippen LogP contribution in [0.25, 0.3) is 0 Å². The summed E-state index contributed by atoms with van der Waals surface area (Å²) in [6.07, 6.45) is 1.79. The highest BCUT2D eigenvalue weighted by Crippen LogP contribution is 2.36. The van der Waals surface area contributed by atoms with Gasteiger partial charge in [-0.25, -0.2) is 0 Å². The molecule has 0 saturated heterocycles. The summed E-state index contributed by atoms with van der Waals surface area (Å²) in [7, 11) is 0. The summed E-state index contributed by atoms with van der Waals surface area (Å²) in [6.45, 7) is 7.79. The van der Waals surface area contributed by atoms with E-state index >= 15 is 0 Å². The Morgan fingerprint density at radius 1 is 1.31 bits per heavy atom. The molecule has 7 heteroatoms. The van der Waals surface area contributed by atoms with E-state index in [-0.39, 0.29) is 23.4 Å².